The van der Waals surface area contributed by atoms with E-state index in [2.05, 4.69) is 9.97 Å². The molecule has 0 unspecified atom stereocenters. The van der Waals surface area contributed by atoms with Crippen molar-refractivity contribution < 1.29 is 8.78 Å². The van der Waals surface area contributed by atoms with Crippen molar-refractivity contribution in [2.45, 2.75) is 6.92 Å². The number of aryl methyl sites for hydroxylation is 1. The Bertz CT molecular complexity index is 564. The summed E-state index contributed by atoms with van der Waals surface area (Å²) in [6, 6.07) is 4.01. The predicted octanol–water partition coefficient (Wildman–Crippen LogP) is 2.97. The molecule has 6 heteroatoms. The van der Waals surface area contributed by atoms with E-state index >= 15 is 0 Å². The Balaban J connectivity index is 2.57. The third-order valence-corrected chi connectivity index (χ3v) is 2.51. The molecule has 0 atom stereocenters. The van der Waals surface area contributed by atoms with Gasteiger partial charge in [-0.05, 0) is 25.1 Å². The van der Waals surface area contributed by atoms with Crippen LogP contribution >= 0.6 is 11.6 Å². The maximum Gasteiger partial charge on any atom is 0.186 e. The number of rotatable bonds is 1. The number of anilines is 1. The van der Waals surface area contributed by atoms with Crippen LogP contribution in [0.2, 0.25) is 5.02 Å². The van der Waals surface area contributed by atoms with E-state index in [0.717, 1.165) is 0 Å². The molecule has 0 aliphatic heterocycles. The average molecular weight is 256 g/mol. The SMILES string of the molecule is Cc1nc(-c2ccc(F)c(Cl)c2)nc(N)c1F. The molecule has 0 saturated carbocycles. The summed E-state index contributed by atoms with van der Waals surface area (Å²) >= 11 is 5.64. The van der Waals surface area contributed by atoms with Gasteiger partial charge in [0.25, 0.3) is 0 Å². The Labute approximate surface area is 101 Å². The smallest absolute Gasteiger partial charge is 0.186 e. The fraction of sp³-hybridized carbons (Fsp3) is 0.0909. The molecule has 2 rings (SSSR count). The Kier molecular flexibility index (Phi) is 2.93. The molecular weight excluding hydrogens is 248 g/mol. The van der Waals surface area contributed by atoms with Crippen LogP contribution in [0.25, 0.3) is 11.4 Å². The van der Waals surface area contributed by atoms with E-state index in [4.69, 9.17) is 17.3 Å². The number of nitrogens with two attached hydrogens (primary N) is 1. The van der Waals surface area contributed by atoms with Crippen molar-refractivity contribution in [1.29, 1.82) is 0 Å². The highest BCUT2D eigenvalue weighted by atomic mass is 35.5. The Morgan fingerprint density at radius 1 is 1.24 bits per heavy atom. The van der Waals surface area contributed by atoms with Gasteiger partial charge < -0.3 is 5.73 Å². The van der Waals surface area contributed by atoms with Gasteiger partial charge in [-0.3, -0.25) is 0 Å². The number of benzene rings is 1. The normalized spacial score (nSPS) is 10.6. The Morgan fingerprint density at radius 3 is 2.53 bits per heavy atom. The maximum atomic E-state index is 13.2. The first-order valence-electron chi connectivity index (χ1n) is 4.74. The van der Waals surface area contributed by atoms with Gasteiger partial charge in [0.15, 0.2) is 17.5 Å². The number of halogens is 3. The molecule has 0 radical (unpaired) electrons. The summed E-state index contributed by atoms with van der Waals surface area (Å²) in [4.78, 5) is 7.71. The van der Waals surface area contributed by atoms with Gasteiger partial charge in [0.05, 0.1) is 10.7 Å². The van der Waals surface area contributed by atoms with Gasteiger partial charge in [0, 0.05) is 5.56 Å². The minimum atomic E-state index is -0.651. The highest BCUT2D eigenvalue weighted by molar-refractivity contribution is 6.31. The third kappa shape index (κ3) is 2.19. The molecule has 0 fully saturated rings. The molecule has 1 aromatic carbocycles. The van der Waals surface area contributed by atoms with E-state index in [9.17, 15) is 8.78 Å². The van der Waals surface area contributed by atoms with Gasteiger partial charge in [0.1, 0.15) is 5.82 Å². The Morgan fingerprint density at radius 2 is 1.94 bits per heavy atom. The predicted molar refractivity (Wildman–Crippen MR) is 61.5 cm³/mol. The topological polar surface area (TPSA) is 51.8 Å². The minimum Gasteiger partial charge on any atom is -0.381 e. The monoisotopic (exact) mass is 255 g/mol. The maximum absolute atomic E-state index is 13.2. The summed E-state index contributed by atoms with van der Waals surface area (Å²) in [7, 11) is 0. The molecule has 0 saturated heterocycles. The number of aromatic nitrogens is 2. The van der Waals surface area contributed by atoms with Gasteiger partial charge >= 0.3 is 0 Å². The van der Waals surface area contributed by atoms with Crippen LogP contribution < -0.4 is 5.73 Å². The highest BCUT2D eigenvalue weighted by Gasteiger charge is 2.11. The van der Waals surface area contributed by atoms with Crippen molar-refractivity contribution in [2.24, 2.45) is 0 Å². The summed E-state index contributed by atoms with van der Waals surface area (Å²) < 4.78 is 26.2. The standard InChI is InChI=1S/C11H8ClF2N3/c1-5-9(14)10(15)17-11(16-5)6-2-3-8(13)7(12)4-6/h2-4H,1H3,(H2,15,16,17). The molecule has 17 heavy (non-hydrogen) atoms. The van der Waals surface area contributed by atoms with E-state index in [1.54, 1.807) is 0 Å². The second-order valence-electron chi connectivity index (χ2n) is 3.46. The lowest BCUT2D eigenvalue weighted by Crippen LogP contribution is -2.03. The van der Waals surface area contributed by atoms with Crippen LogP contribution in [0.15, 0.2) is 18.2 Å². The molecular formula is C11H8ClF2N3. The Hall–Kier alpha value is -1.75. The van der Waals surface area contributed by atoms with Crippen molar-refractivity contribution >= 4 is 17.4 Å². The zero-order valence-electron chi connectivity index (χ0n) is 8.84. The van der Waals surface area contributed by atoms with Crippen molar-refractivity contribution in [2.75, 3.05) is 5.73 Å². The molecule has 0 aliphatic rings. The summed E-state index contributed by atoms with van der Waals surface area (Å²) in [6.45, 7) is 1.47. The first-order valence-corrected chi connectivity index (χ1v) is 5.12. The number of nitrogen functional groups attached to an aromatic ring is 1. The van der Waals surface area contributed by atoms with Crippen molar-refractivity contribution in [3.8, 4) is 11.4 Å². The molecule has 0 bridgehead atoms. The van der Waals surface area contributed by atoms with Gasteiger partial charge in [-0.15, -0.1) is 0 Å². The van der Waals surface area contributed by atoms with E-state index < -0.39 is 11.6 Å². The van der Waals surface area contributed by atoms with Gasteiger partial charge in [0.2, 0.25) is 0 Å². The largest absolute Gasteiger partial charge is 0.381 e. The van der Waals surface area contributed by atoms with Crippen molar-refractivity contribution in [3.63, 3.8) is 0 Å². The number of hydrogen-bond acceptors (Lipinski definition) is 3. The van der Waals surface area contributed by atoms with Crippen LogP contribution in [-0.4, -0.2) is 9.97 Å². The zero-order valence-corrected chi connectivity index (χ0v) is 9.59. The quantitative estimate of drug-likeness (QED) is 0.852. The molecule has 1 heterocycles. The van der Waals surface area contributed by atoms with Crippen LogP contribution in [-0.2, 0) is 0 Å². The minimum absolute atomic E-state index is 0.0494. The second-order valence-corrected chi connectivity index (χ2v) is 3.87. The summed E-state index contributed by atoms with van der Waals surface area (Å²) in [5.74, 6) is -1.22. The zero-order chi connectivity index (χ0) is 12.6. The van der Waals surface area contributed by atoms with Crippen molar-refractivity contribution in [1.82, 2.24) is 9.97 Å². The number of nitrogens with zero attached hydrogens (tertiary/aromatic N) is 2. The molecule has 0 amide bonds. The molecule has 88 valence electrons. The lowest BCUT2D eigenvalue weighted by molar-refractivity contribution is 0.608. The summed E-state index contributed by atoms with van der Waals surface area (Å²) in [6.07, 6.45) is 0. The molecule has 2 aromatic rings. The van der Waals surface area contributed by atoms with Crippen molar-refractivity contribution in [3.05, 3.63) is 40.6 Å². The highest BCUT2D eigenvalue weighted by Crippen LogP contribution is 2.24. The van der Waals surface area contributed by atoms with E-state index in [1.807, 2.05) is 0 Å². The molecule has 3 nitrogen and oxygen atoms in total. The van der Waals surface area contributed by atoms with Crippen LogP contribution in [0.1, 0.15) is 5.69 Å². The van der Waals surface area contributed by atoms with Gasteiger partial charge in [-0.1, -0.05) is 11.6 Å². The van der Waals surface area contributed by atoms with Crippen LogP contribution in [0.3, 0.4) is 0 Å². The lowest BCUT2D eigenvalue weighted by Gasteiger charge is -2.05. The summed E-state index contributed by atoms with van der Waals surface area (Å²) in [5.41, 5.74) is 6.00. The van der Waals surface area contributed by atoms with Crippen LogP contribution in [0, 0.1) is 18.6 Å². The van der Waals surface area contributed by atoms with E-state index in [-0.39, 0.29) is 22.4 Å². The van der Waals surface area contributed by atoms with Gasteiger partial charge in [-0.25, -0.2) is 18.7 Å². The van der Waals surface area contributed by atoms with E-state index in [1.165, 1.54) is 25.1 Å². The first-order chi connectivity index (χ1) is 7.99. The molecule has 1 aromatic heterocycles. The third-order valence-electron chi connectivity index (χ3n) is 2.22. The van der Waals surface area contributed by atoms with E-state index in [0.29, 0.717) is 5.56 Å². The fourth-order valence-electron chi connectivity index (χ4n) is 1.35. The number of hydrogen-bond donors (Lipinski definition) is 1. The molecule has 0 aliphatic carbocycles. The first kappa shape index (κ1) is 11.7. The lowest BCUT2D eigenvalue weighted by atomic mass is 10.2. The average Bonchev–Trinajstić information content (AvgIpc) is 2.29. The van der Waals surface area contributed by atoms with Crippen LogP contribution in [0.5, 0.6) is 0 Å². The molecule has 2 N–H and O–H groups in total. The fourth-order valence-corrected chi connectivity index (χ4v) is 1.53. The molecule has 0 spiro atoms. The van der Waals surface area contributed by atoms with Crippen LogP contribution in [0.4, 0.5) is 14.6 Å². The van der Waals surface area contributed by atoms with Gasteiger partial charge in [-0.2, -0.15) is 0 Å². The second kappa shape index (κ2) is 4.25. The summed E-state index contributed by atoms with van der Waals surface area (Å²) in [5, 5.41) is -0.0494.